The number of aromatic nitrogens is 1. The molecule has 2 unspecified atom stereocenters. The number of anilines is 1. The minimum atomic E-state index is -0.759. The van der Waals surface area contributed by atoms with Crippen molar-refractivity contribution in [3.05, 3.63) is 23.4 Å². The van der Waals surface area contributed by atoms with Crippen molar-refractivity contribution in [2.45, 2.75) is 18.6 Å². The quantitative estimate of drug-likeness (QED) is 0.811. The molecule has 1 heterocycles. The van der Waals surface area contributed by atoms with E-state index in [9.17, 15) is 4.21 Å². The Morgan fingerprint density at radius 3 is 2.93 bits per heavy atom. The number of nitrogens with zero attached hydrogens (tertiary/aromatic N) is 1. The van der Waals surface area contributed by atoms with Gasteiger partial charge in [0, 0.05) is 28.9 Å². The van der Waals surface area contributed by atoms with Gasteiger partial charge in [0.25, 0.3) is 0 Å². The molecule has 0 aliphatic heterocycles. The van der Waals surface area contributed by atoms with E-state index in [1.807, 2.05) is 19.1 Å². The lowest BCUT2D eigenvalue weighted by Gasteiger charge is -2.09. The zero-order valence-electron chi connectivity index (χ0n) is 8.87. The van der Waals surface area contributed by atoms with Crippen molar-refractivity contribution in [1.82, 2.24) is 4.98 Å². The summed E-state index contributed by atoms with van der Waals surface area (Å²) >= 11 is 5.74. The minimum Gasteiger partial charge on any atom is -0.370 e. The molecule has 2 atom stereocenters. The van der Waals surface area contributed by atoms with E-state index in [1.54, 1.807) is 12.3 Å². The summed E-state index contributed by atoms with van der Waals surface area (Å²) in [4.78, 5) is 4.09. The Hall–Kier alpha value is -0.610. The van der Waals surface area contributed by atoms with Gasteiger partial charge in [-0.15, -0.1) is 0 Å². The number of rotatable bonds is 5. The van der Waals surface area contributed by atoms with Gasteiger partial charge in [-0.1, -0.05) is 24.6 Å². The lowest BCUT2D eigenvalue weighted by Crippen LogP contribution is -2.15. The predicted octanol–water partition coefficient (Wildman–Crippen LogP) is 2.30. The van der Waals surface area contributed by atoms with E-state index in [0.29, 0.717) is 5.15 Å². The fourth-order valence-corrected chi connectivity index (χ4v) is 1.69. The highest BCUT2D eigenvalue weighted by Gasteiger charge is 2.05. The smallest absolute Gasteiger partial charge is 0.131 e. The van der Waals surface area contributed by atoms with Crippen LogP contribution in [0.15, 0.2) is 18.2 Å². The molecule has 0 aliphatic carbocycles. The number of halogens is 1. The second-order valence-electron chi connectivity index (χ2n) is 3.37. The van der Waals surface area contributed by atoms with Crippen LogP contribution in [-0.2, 0) is 10.8 Å². The summed E-state index contributed by atoms with van der Waals surface area (Å²) < 4.78 is 11.1. The molecule has 0 aromatic carbocycles. The van der Waals surface area contributed by atoms with Crippen LogP contribution in [0.4, 0.5) is 5.82 Å². The fourth-order valence-electron chi connectivity index (χ4n) is 1.08. The molecule has 1 aromatic heterocycles. The lowest BCUT2D eigenvalue weighted by atomic mass is 10.3. The first-order chi connectivity index (χ1) is 7.09. The van der Waals surface area contributed by atoms with Crippen LogP contribution in [0.5, 0.6) is 0 Å². The SMILES string of the molecule is CC(CCNc1cccc(Cl)n1)S(C)=O. The standard InChI is InChI=1S/C10H15ClN2OS/c1-8(15(2)14)6-7-12-10-5-3-4-9(11)13-10/h3-5,8H,6-7H2,1-2H3,(H,12,13). The first kappa shape index (κ1) is 12.5. The molecule has 1 N–H and O–H groups in total. The van der Waals surface area contributed by atoms with Crippen molar-refractivity contribution in [1.29, 1.82) is 0 Å². The maximum absolute atomic E-state index is 11.1. The Balaban J connectivity index is 2.35. The number of hydrogen-bond donors (Lipinski definition) is 1. The monoisotopic (exact) mass is 246 g/mol. The van der Waals surface area contributed by atoms with Crippen molar-refractivity contribution in [3.8, 4) is 0 Å². The number of pyridine rings is 1. The van der Waals surface area contributed by atoms with Gasteiger partial charge in [0.15, 0.2) is 0 Å². The van der Waals surface area contributed by atoms with E-state index in [0.717, 1.165) is 18.8 Å². The third-order valence-electron chi connectivity index (χ3n) is 2.14. The summed E-state index contributed by atoms with van der Waals surface area (Å²) in [5, 5.41) is 3.83. The van der Waals surface area contributed by atoms with Gasteiger partial charge in [0.2, 0.25) is 0 Å². The van der Waals surface area contributed by atoms with Crippen LogP contribution in [0.1, 0.15) is 13.3 Å². The normalized spacial score (nSPS) is 14.6. The van der Waals surface area contributed by atoms with E-state index in [-0.39, 0.29) is 5.25 Å². The van der Waals surface area contributed by atoms with E-state index in [4.69, 9.17) is 11.6 Å². The summed E-state index contributed by atoms with van der Waals surface area (Å²) in [5.74, 6) is 0.761. The Labute approximate surface area is 97.7 Å². The molecule has 0 fully saturated rings. The maximum Gasteiger partial charge on any atom is 0.131 e. The molecule has 0 radical (unpaired) electrons. The highest BCUT2D eigenvalue weighted by Crippen LogP contribution is 2.09. The molecule has 0 aliphatic rings. The minimum absolute atomic E-state index is 0.205. The summed E-state index contributed by atoms with van der Waals surface area (Å²) in [6.07, 6.45) is 2.58. The van der Waals surface area contributed by atoms with Crippen LogP contribution in [0.2, 0.25) is 5.15 Å². The van der Waals surface area contributed by atoms with Crippen molar-refractivity contribution >= 4 is 28.2 Å². The molecule has 1 aromatic rings. The van der Waals surface area contributed by atoms with Crippen molar-refractivity contribution in [2.75, 3.05) is 18.1 Å². The average Bonchev–Trinajstić information content (AvgIpc) is 2.17. The van der Waals surface area contributed by atoms with Gasteiger partial charge < -0.3 is 5.32 Å². The molecule has 0 amide bonds. The van der Waals surface area contributed by atoms with Crippen LogP contribution >= 0.6 is 11.6 Å². The van der Waals surface area contributed by atoms with Gasteiger partial charge in [-0.05, 0) is 18.6 Å². The van der Waals surface area contributed by atoms with Gasteiger partial charge in [0.05, 0.1) is 0 Å². The summed E-state index contributed by atoms with van der Waals surface area (Å²) in [6, 6.07) is 5.44. The van der Waals surface area contributed by atoms with Gasteiger partial charge in [-0.3, -0.25) is 4.21 Å². The van der Waals surface area contributed by atoms with Crippen LogP contribution in [-0.4, -0.2) is 27.2 Å². The van der Waals surface area contributed by atoms with E-state index < -0.39 is 10.8 Å². The van der Waals surface area contributed by atoms with Crippen molar-refractivity contribution in [2.24, 2.45) is 0 Å². The molecule has 5 heteroatoms. The molecule has 0 spiro atoms. The van der Waals surface area contributed by atoms with Gasteiger partial charge >= 0.3 is 0 Å². The zero-order valence-corrected chi connectivity index (χ0v) is 10.4. The Bertz CT molecular complexity index is 346. The van der Waals surface area contributed by atoms with E-state index in [1.165, 1.54) is 0 Å². The molecule has 1 rings (SSSR count). The third-order valence-corrected chi connectivity index (χ3v) is 3.72. The Morgan fingerprint density at radius 2 is 2.33 bits per heavy atom. The predicted molar refractivity (Wildman–Crippen MR) is 65.9 cm³/mol. The van der Waals surface area contributed by atoms with Gasteiger partial charge in [-0.25, -0.2) is 4.98 Å². The molecular weight excluding hydrogens is 232 g/mol. The van der Waals surface area contributed by atoms with Crippen molar-refractivity contribution < 1.29 is 4.21 Å². The number of hydrogen-bond acceptors (Lipinski definition) is 3. The second-order valence-corrected chi connectivity index (χ2v) is 5.56. The first-order valence-corrected chi connectivity index (χ1v) is 6.78. The first-order valence-electron chi connectivity index (χ1n) is 4.78. The summed E-state index contributed by atoms with van der Waals surface area (Å²) in [6.45, 7) is 2.73. The lowest BCUT2D eigenvalue weighted by molar-refractivity contribution is 0.672. The van der Waals surface area contributed by atoms with E-state index >= 15 is 0 Å². The molecule has 0 bridgehead atoms. The van der Waals surface area contributed by atoms with Crippen LogP contribution in [0.25, 0.3) is 0 Å². The highest BCUT2D eigenvalue weighted by molar-refractivity contribution is 7.84. The molecule has 15 heavy (non-hydrogen) atoms. The van der Waals surface area contributed by atoms with Crippen LogP contribution < -0.4 is 5.32 Å². The number of nitrogens with one attached hydrogen (secondary N) is 1. The molecule has 0 saturated heterocycles. The topological polar surface area (TPSA) is 42.0 Å². The Morgan fingerprint density at radius 1 is 1.60 bits per heavy atom. The molecule has 84 valence electrons. The third kappa shape index (κ3) is 4.62. The van der Waals surface area contributed by atoms with Crippen LogP contribution in [0, 0.1) is 0 Å². The molecule has 3 nitrogen and oxygen atoms in total. The summed E-state index contributed by atoms with van der Waals surface area (Å²) in [5.41, 5.74) is 0. The van der Waals surface area contributed by atoms with Gasteiger partial charge in [-0.2, -0.15) is 0 Å². The van der Waals surface area contributed by atoms with Crippen LogP contribution in [0.3, 0.4) is 0 Å². The van der Waals surface area contributed by atoms with E-state index in [2.05, 4.69) is 10.3 Å². The maximum atomic E-state index is 11.1. The molecular formula is C10H15ClN2OS. The average molecular weight is 247 g/mol. The fraction of sp³-hybridized carbons (Fsp3) is 0.500. The zero-order chi connectivity index (χ0) is 11.3. The highest BCUT2D eigenvalue weighted by atomic mass is 35.5. The molecule has 0 saturated carbocycles. The second kappa shape index (κ2) is 6.08. The Kier molecular flexibility index (Phi) is 5.05. The summed E-state index contributed by atoms with van der Waals surface area (Å²) in [7, 11) is -0.759. The van der Waals surface area contributed by atoms with Gasteiger partial charge in [0.1, 0.15) is 11.0 Å². The van der Waals surface area contributed by atoms with Crippen molar-refractivity contribution in [3.63, 3.8) is 0 Å². The largest absolute Gasteiger partial charge is 0.370 e.